The van der Waals surface area contributed by atoms with Gasteiger partial charge in [-0.2, -0.15) is 0 Å². The second-order valence-corrected chi connectivity index (χ2v) is 11.0. The lowest BCUT2D eigenvalue weighted by Gasteiger charge is -2.20. The van der Waals surface area contributed by atoms with Crippen molar-refractivity contribution in [1.82, 2.24) is 0 Å². The van der Waals surface area contributed by atoms with Gasteiger partial charge in [0, 0.05) is 18.7 Å². The Balaban J connectivity index is 1.61. The van der Waals surface area contributed by atoms with Crippen molar-refractivity contribution in [2.75, 3.05) is 6.16 Å². The molecule has 184 valence electrons. The van der Waals surface area contributed by atoms with Gasteiger partial charge in [-0.25, -0.2) is 0 Å². The van der Waals surface area contributed by atoms with Gasteiger partial charge in [0.05, 0.1) is 5.92 Å². The van der Waals surface area contributed by atoms with Crippen LogP contribution in [-0.2, 0) is 43.0 Å². The van der Waals surface area contributed by atoms with E-state index in [9.17, 15) is 19.0 Å². The first kappa shape index (κ1) is 26.4. The zero-order valence-corrected chi connectivity index (χ0v) is 20.7. The number of benzene rings is 3. The Labute approximate surface area is 206 Å². The van der Waals surface area contributed by atoms with Crippen LogP contribution in [0.2, 0.25) is 0 Å². The lowest BCUT2D eigenvalue weighted by molar-refractivity contribution is -0.150. The monoisotopic (exact) mass is 494 g/mol. The molecule has 0 radical (unpaired) electrons. The first-order chi connectivity index (χ1) is 16.8. The molecule has 0 aliphatic rings. The van der Waals surface area contributed by atoms with Crippen LogP contribution >= 0.6 is 7.37 Å². The fraction of sp³-hybridized carbons (Fsp3) is 0.286. The van der Waals surface area contributed by atoms with Gasteiger partial charge >= 0.3 is 11.9 Å². The fourth-order valence-corrected chi connectivity index (χ4v) is 5.55. The highest BCUT2D eigenvalue weighted by Crippen LogP contribution is 2.47. The van der Waals surface area contributed by atoms with Gasteiger partial charge in [-0.1, -0.05) is 90.5 Å². The van der Waals surface area contributed by atoms with Crippen molar-refractivity contribution in [1.29, 1.82) is 0 Å². The lowest BCUT2D eigenvalue weighted by atomic mass is 10.1. The molecule has 0 aliphatic heterocycles. The van der Waals surface area contributed by atoms with Gasteiger partial charge in [-0.15, -0.1) is 0 Å². The van der Waals surface area contributed by atoms with Crippen molar-refractivity contribution in [3.63, 3.8) is 0 Å². The second kappa shape index (κ2) is 13.0. The predicted molar refractivity (Wildman–Crippen MR) is 135 cm³/mol. The van der Waals surface area contributed by atoms with Gasteiger partial charge in [0.25, 0.3) is 0 Å². The van der Waals surface area contributed by atoms with E-state index in [0.717, 1.165) is 22.3 Å². The molecule has 0 heterocycles. The summed E-state index contributed by atoms with van der Waals surface area (Å²) in [5.74, 6) is -1.96. The number of rotatable bonds is 12. The molecule has 0 aromatic heterocycles. The Hall–Kier alpha value is -3.21. The molecule has 3 rings (SSSR count). The smallest absolute Gasteiger partial charge is 0.309 e. The van der Waals surface area contributed by atoms with Crippen LogP contribution in [0.1, 0.15) is 35.1 Å². The second-order valence-electron chi connectivity index (χ2n) is 8.65. The zero-order chi connectivity index (χ0) is 25.1. The summed E-state index contributed by atoms with van der Waals surface area (Å²) >= 11 is 0. The highest BCUT2D eigenvalue weighted by Gasteiger charge is 2.31. The molecule has 6 nitrogen and oxygen atoms in total. The SMILES string of the molecule is Cc1ccc(CP(=O)(O)CC(CCC(=O)OCc2ccccc2)C(=O)OCc2ccccc2)cc1. The van der Waals surface area contributed by atoms with Crippen molar-refractivity contribution in [2.24, 2.45) is 5.92 Å². The number of hydrogen-bond donors (Lipinski definition) is 1. The van der Waals surface area contributed by atoms with Gasteiger partial charge in [0.2, 0.25) is 7.37 Å². The molecule has 7 heteroatoms. The summed E-state index contributed by atoms with van der Waals surface area (Å²) in [5.41, 5.74) is 3.45. The Bertz CT molecular complexity index is 1130. The first-order valence-corrected chi connectivity index (χ1v) is 13.6. The van der Waals surface area contributed by atoms with E-state index >= 15 is 0 Å². The minimum absolute atomic E-state index is 0.0474. The van der Waals surface area contributed by atoms with Gasteiger partial charge in [0.1, 0.15) is 13.2 Å². The summed E-state index contributed by atoms with van der Waals surface area (Å²) in [6.07, 6.45) is -0.295. The summed E-state index contributed by atoms with van der Waals surface area (Å²) < 4.78 is 23.8. The van der Waals surface area contributed by atoms with Crippen LogP contribution < -0.4 is 0 Å². The van der Waals surface area contributed by atoms with E-state index in [1.165, 1.54) is 0 Å². The van der Waals surface area contributed by atoms with Crippen LogP contribution in [0.5, 0.6) is 0 Å². The van der Waals surface area contributed by atoms with Gasteiger partial charge < -0.3 is 14.4 Å². The first-order valence-electron chi connectivity index (χ1n) is 11.6. The quantitative estimate of drug-likeness (QED) is 0.259. The molecular weight excluding hydrogens is 463 g/mol. The Kier molecular flexibility index (Phi) is 9.83. The molecule has 0 spiro atoms. The maximum absolute atomic E-state index is 13.0. The van der Waals surface area contributed by atoms with Crippen LogP contribution in [0, 0.1) is 12.8 Å². The number of ether oxygens (including phenoxy) is 2. The molecular formula is C28H31O6P. The molecule has 0 aliphatic carbocycles. The van der Waals surface area contributed by atoms with E-state index < -0.39 is 25.2 Å². The van der Waals surface area contributed by atoms with Crippen LogP contribution in [-0.4, -0.2) is 23.0 Å². The van der Waals surface area contributed by atoms with Crippen LogP contribution in [0.4, 0.5) is 0 Å². The highest BCUT2D eigenvalue weighted by atomic mass is 31.2. The third-order valence-corrected chi connectivity index (χ3v) is 7.42. The highest BCUT2D eigenvalue weighted by molar-refractivity contribution is 7.57. The third-order valence-electron chi connectivity index (χ3n) is 5.55. The average Bonchev–Trinajstić information content (AvgIpc) is 2.86. The molecule has 0 fully saturated rings. The molecule has 1 N–H and O–H groups in total. The van der Waals surface area contributed by atoms with E-state index in [4.69, 9.17) is 9.47 Å². The van der Waals surface area contributed by atoms with E-state index in [2.05, 4.69) is 0 Å². The van der Waals surface area contributed by atoms with Crippen molar-refractivity contribution in [2.45, 2.75) is 39.1 Å². The molecule has 35 heavy (non-hydrogen) atoms. The number of hydrogen-bond acceptors (Lipinski definition) is 5. The normalized spacial score (nSPS) is 13.4. The Morgan fingerprint density at radius 3 is 1.91 bits per heavy atom. The number of carbonyl (C=O) groups excluding carboxylic acids is 2. The molecule has 3 aromatic carbocycles. The Morgan fingerprint density at radius 1 is 0.800 bits per heavy atom. The van der Waals surface area contributed by atoms with Crippen LogP contribution in [0.15, 0.2) is 84.9 Å². The van der Waals surface area contributed by atoms with E-state index in [1.807, 2.05) is 91.9 Å². The summed E-state index contributed by atoms with van der Waals surface area (Å²) in [7, 11) is -3.71. The van der Waals surface area contributed by atoms with Gasteiger partial charge in [0.15, 0.2) is 0 Å². The van der Waals surface area contributed by atoms with Crippen molar-refractivity contribution in [3.8, 4) is 0 Å². The van der Waals surface area contributed by atoms with Crippen LogP contribution in [0.3, 0.4) is 0 Å². The van der Waals surface area contributed by atoms with Gasteiger partial charge in [-0.05, 0) is 30.0 Å². The van der Waals surface area contributed by atoms with E-state index in [0.29, 0.717) is 0 Å². The standard InChI is InChI=1S/C28H31O6P/c1-22-12-14-25(15-13-22)20-35(31,32)21-26(28(30)34-19-24-10-6-3-7-11-24)16-17-27(29)33-18-23-8-4-2-5-9-23/h2-15,26H,16-21H2,1H3,(H,31,32). The minimum atomic E-state index is -3.71. The maximum atomic E-state index is 13.0. The molecule has 0 saturated carbocycles. The molecule has 2 atom stereocenters. The number of carbonyl (C=O) groups is 2. The number of esters is 2. The van der Waals surface area contributed by atoms with Crippen molar-refractivity contribution < 1.29 is 28.5 Å². The molecule has 3 aromatic rings. The summed E-state index contributed by atoms with van der Waals surface area (Å²) in [4.78, 5) is 35.9. The zero-order valence-electron chi connectivity index (χ0n) is 19.8. The fourth-order valence-electron chi connectivity index (χ4n) is 3.62. The number of aryl methyl sites for hydroxylation is 1. The topological polar surface area (TPSA) is 89.9 Å². The predicted octanol–water partition coefficient (Wildman–Crippen LogP) is 5.65. The summed E-state index contributed by atoms with van der Waals surface area (Å²) in [6.45, 7) is 2.13. The van der Waals surface area contributed by atoms with E-state index in [1.54, 1.807) is 0 Å². The summed E-state index contributed by atoms with van der Waals surface area (Å²) in [6, 6.07) is 25.9. The average molecular weight is 495 g/mol. The molecule has 0 amide bonds. The third kappa shape index (κ3) is 9.51. The Morgan fingerprint density at radius 2 is 1.34 bits per heavy atom. The minimum Gasteiger partial charge on any atom is -0.461 e. The lowest BCUT2D eigenvalue weighted by Crippen LogP contribution is -2.23. The molecule has 2 unspecified atom stereocenters. The van der Waals surface area contributed by atoms with Crippen molar-refractivity contribution >= 4 is 19.3 Å². The van der Waals surface area contributed by atoms with E-state index in [-0.39, 0.29) is 38.4 Å². The molecule has 0 saturated heterocycles. The van der Waals surface area contributed by atoms with Crippen LogP contribution in [0.25, 0.3) is 0 Å². The largest absolute Gasteiger partial charge is 0.461 e. The van der Waals surface area contributed by atoms with Gasteiger partial charge in [-0.3, -0.25) is 14.2 Å². The summed E-state index contributed by atoms with van der Waals surface area (Å²) in [5, 5.41) is 0. The molecule has 0 bridgehead atoms. The maximum Gasteiger partial charge on any atom is 0.309 e. The van der Waals surface area contributed by atoms with Crippen molar-refractivity contribution in [3.05, 3.63) is 107 Å².